The summed E-state index contributed by atoms with van der Waals surface area (Å²) in [5.74, 6) is 2.54. The molecule has 0 aliphatic rings. The van der Waals surface area contributed by atoms with Gasteiger partial charge in [-0.25, -0.2) is 0 Å². The Morgan fingerprint density at radius 1 is 1.00 bits per heavy atom. The number of hydrogen-bond acceptors (Lipinski definition) is 2. The highest BCUT2D eigenvalue weighted by molar-refractivity contribution is 7.99. The van der Waals surface area contributed by atoms with Crippen LogP contribution in [0.1, 0.15) is 34.6 Å². The van der Waals surface area contributed by atoms with Gasteiger partial charge in [-0.15, -0.1) is 0 Å². The van der Waals surface area contributed by atoms with Crippen LogP contribution in [0.25, 0.3) is 0 Å². The highest BCUT2D eigenvalue weighted by Gasteiger charge is 1.96. The van der Waals surface area contributed by atoms with Crippen LogP contribution in [-0.4, -0.2) is 36.0 Å². The Balaban J connectivity index is 0. The van der Waals surface area contributed by atoms with Gasteiger partial charge in [-0.05, 0) is 18.8 Å². The minimum Gasteiger partial charge on any atom is -0.303 e. The Kier molecular flexibility index (Phi) is 17.1. The second-order valence-electron chi connectivity index (χ2n) is 2.22. The fourth-order valence-electron chi connectivity index (χ4n) is 0.878. The smallest absolute Gasteiger partial charge is 0.00721 e. The molecule has 0 heterocycles. The zero-order valence-corrected chi connectivity index (χ0v) is 10.2. The number of hydrogen-bond donors (Lipinski definition) is 0. The highest BCUT2D eigenvalue weighted by atomic mass is 32.2. The zero-order chi connectivity index (χ0) is 9.82. The third-order valence-electron chi connectivity index (χ3n) is 1.65. The van der Waals surface area contributed by atoms with E-state index in [4.69, 9.17) is 0 Å². The molecule has 0 fully saturated rings. The molecule has 0 N–H and O–H groups in total. The number of thioether (sulfide) groups is 1. The average Bonchev–Trinajstić information content (AvgIpc) is 2.16. The van der Waals surface area contributed by atoms with Crippen molar-refractivity contribution < 1.29 is 0 Å². The van der Waals surface area contributed by atoms with Crippen molar-refractivity contribution >= 4 is 11.8 Å². The second kappa shape index (κ2) is 13.9. The van der Waals surface area contributed by atoms with E-state index in [0.29, 0.717) is 0 Å². The van der Waals surface area contributed by atoms with Crippen molar-refractivity contribution in [2.24, 2.45) is 0 Å². The van der Waals surface area contributed by atoms with Crippen LogP contribution in [0.4, 0.5) is 0 Å². The molecule has 0 spiro atoms. The van der Waals surface area contributed by atoms with Gasteiger partial charge >= 0.3 is 0 Å². The highest BCUT2D eigenvalue weighted by Crippen LogP contribution is 1.98. The van der Waals surface area contributed by atoms with E-state index in [0.717, 1.165) is 0 Å². The van der Waals surface area contributed by atoms with Gasteiger partial charge < -0.3 is 4.90 Å². The summed E-state index contributed by atoms with van der Waals surface area (Å²) in [6, 6.07) is 0. The first-order valence-corrected chi connectivity index (χ1v) is 6.30. The van der Waals surface area contributed by atoms with Gasteiger partial charge in [0.15, 0.2) is 0 Å². The fourth-order valence-corrected chi connectivity index (χ4v) is 1.55. The van der Waals surface area contributed by atoms with Crippen molar-refractivity contribution in [1.29, 1.82) is 0 Å². The molecule has 0 radical (unpaired) electrons. The zero-order valence-electron chi connectivity index (χ0n) is 9.39. The standard InChI is InChI=1S/C8H19NS.C2H6/c1-4-9(5-2)7-8-10-6-3;1-2/h4-8H2,1-3H3;1-2H3. The van der Waals surface area contributed by atoms with E-state index in [9.17, 15) is 0 Å². The van der Waals surface area contributed by atoms with E-state index >= 15 is 0 Å². The van der Waals surface area contributed by atoms with Gasteiger partial charge in [0.1, 0.15) is 0 Å². The van der Waals surface area contributed by atoms with Crippen molar-refractivity contribution in [3.8, 4) is 0 Å². The second-order valence-corrected chi connectivity index (χ2v) is 3.62. The van der Waals surface area contributed by atoms with Crippen LogP contribution >= 0.6 is 11.8 Å². The molecule has 12 heavy (non-hydrogen) atoms. The molecule has 0 aliphatic carbocycles. The van der Waals surface area contributed by atoms with Gasteiger partial charge in [0, 0.05) is 12.3 Å². The Bertz CT molecular complexity index is 62.9. The van der Waals surface area contributed by atoms with Gasteiger partial charge in [-0.3, -0.25) is 0 Å². The lowest BCUT2D eigenvalue weighted by molar-refractivity contribution is 0.324. The predicted octanol–water partition coefficient (Wildman–Crippen LogP) is 3.11. The maximum absolute atomic E-state index is 2.46. The minimum atomic E-state index is 1.20. The summed E-state index contributed by atoms with van der Waals surface area (Å²) in [6.45, 7) is 14.3. The van der Waals surface area contributed by atoms with Gasteiger partial charge in [0.25, 0.3) is 0 Å². The van der Waals surface area contributed by atoms with Crippen LogP contribution in [0.15, 0.2) is 0 Å². The molecular weight excluding hydrogens is 166 g/mol. The summed E-state index contributed by atoms with van der Waals surface area (Å²) in [6.07, 6.45) is 0. The third-order valence-corrected chi connectivity index (χ3v) is 2.53. The molecule has 2 heteroatoms. The van der Waals surface area contributed by atoms with E-state index < -0.39 is 0 Å². The summed E-state index contributed by atoms with van der Waals surface area (Å²) in [5.41, 5.74) is 0. The molecule has 0 saturated carbocycles. The monoisotopic (exact) mass is 191 g/mol. The van der Waals surface area contributed by atoms with Crippen molar-refractivity contribution in [2.45, 2.75) is 34.6 Å². The van der Waals surface area contributed by atoms with E-state index in [2.05, 4.69) is 25.7 Å². The van der Waals surface area contributed by atoms with Crippen LogP contribution in [0.5, 0.6) is 0 Å². The molecule has 0 amide bonds. The summed E-state index contributed by atoms with van der Waals surface area (Å²) in [5, 5.41) is 0. The normalized spacial score (nSPS) is 9.50. The molecule has 0 unspecified atom stereocenters. The van der Waals surface area contributed by atoms with E-state index in [1.54, 1.807) is 0 Å². The van der Waals surface area contributed by atoms with Crippen molar-refractivity contribution in [3.05, 3.63) is 0 Å². The van der Waals surface area contributed by atoms with Crippen molar-refractivity contribution in [3.63, 3.8) is 0 Å². The molecule has 0 saturated heterocycles. The molecule has 76 valence electrons. The Morgan fingerprint density at radius 2 is 1.50 bits per heavy atom. The Labute approximate surface area is 82.9 Å². The molecule has 1 nitrogen and oxygen atoms in total. The van der Waals surface area contributed by atoms with E-state index in [-0.39, 0.29) is 0 Å². The van der Waals surface area contributed by atoms with Crippen LogP contribution in [0.2, 0.25) is 0 Å². The Morgan fingerprint density at radius 3 is 1.83 bits per heavy atom. The molecule has 0 aromatic rings. The molecule has 0 rings (SSSR count). The predicted molar refractivity (Wildman–Crippen MR) is 62.1 cm³/mol. The molecular formula is C10H25NS. The lowest BCUT2D eigenvalue weighted by Gasteiger charge is -2.16. The maximum atomic E-state index is 2.46. The largest absolute Gasteiger partial charge is 0.303 e. The van der Waals surface area contributed by atoms with Crippen LogP contribution in [0.3, 0.4) is 0 Å². The fraction of sp³-hybridized carbons (Fsp3) is 1.00. The first kappa shape index (κ1) is 14.8. The summed E-state index contributed by atoms with van der Waals surface area (Å²) in [4.78, 5) is 2.46. The first-order valence-electron chi connectivity index (χ1n) is 5.15. The number of nitrogens with zero attached hydrogens (tertiary/aromatic N) is 1. The van der Waals surface area contributed by atoms with Crippen molar-refractivity contribution in [1.82, 2.24) is 4.90 Å². The first-order chi connectivity index (χ1) is 5.85. The van der Waals surface area contributed by atoms with Gasteiger partial charge in [-0.2, -0.15) is 11.8 Å². The van der Waals surface area contributed by atoms with E-state index in [1.165, 1.54) is 31.1 Å². The lowest BCUT2D eigenvalue weighted by atomic mass is 10.5. The summed E-state index contributed by atoms with van der Waals surface area (Å²) < 4.78 is 0. The maximum Gasteiger partial charge on any atom is 0.00721 e. The van der Waals surface area contributed by atoms with Gasteiger partial charge in [0.2, 0.25) is 0 Å². The van der Waals surface area contributed by atoms with Gasteiger partial charge in [0.05, 0.1) is 0 Å². The molecule has 0 aromatic heterocycles. The van der Waals surface area contributed by atoms with E-state index in [1.807, 2.05) is 25.6 Å². The Hall–Kier alpha value is 0.310. The molecule has 0 bridgehead atoms. The van der Waals surface area contributed by atoms with Crippen LogP contribution < -0.4 is 0 Å². The molecule has 0 atom stereocenters. The SMILES string of the molecule is CC.CCSCCN(CC)CC. The minimum absolute atomic E-state index is 1.20. The third kappa shape index (κ3) is 10.3. The van der Waals surface area contributed by atoms with Crippen LogP contribution in [-0.2, 0) is 0 Å². The topological polar surface area (TPSA) is 3.24 Å². The molecule has 0 aliphatic heterocycles. The van der Waals surface area contributed by atoms with Crippen molar-refractivity contribution in [2.75, 3.05) is 31.1 Å². The number of rotatable bonds is 6. The van der Waals surface area contributed by atoms with Gasteiger partial charge in [-0.1, -0.05) is 34.6 Å². The summed E-state index contributed by atoms with van der Waals surface area (Å²) in [7, 11) is 0. The summed E-state index contributed by atoms with van der Waals surface area (Å²) >= 11 is 2.03. The molecule has 0 aromatic carbocycles. The van der Waals surface area contributed by atoms with Crippen LogP contribution in [0, 0.1) is 0 Å². The average molecular weight is 191 g/mol. The quantitative estimate of drug-likeness (QED) is 0.594. The lowest BCUT2D eigenvalue weighted by Crippen LogP contribution is -2.25.